The molecule has 2 aromatic carbocycles. The summed E-state index contributed by atoms with van der Waals surface area (Å²) in [7, 11) is 0. The number of carbonyl (C=O) groups excluding carboxylic acids is 1. The van der Waals surface area contributed by atoms with Gasteiger partial charge in [0.2, 0.25) is 5.91 Å². The quantitative estimate of drug-likeness (QED) is 0.610. The third kappa shape index (κ3) is 5.05. The van der Waals surface area contributed by atoms with E-state index < -0.39 is 23.5 Å². The lowest BCUT2D eigenvalue weighted by atomic mass is 10.1. The normalized spacial score (nSPS) is 14.8. The van der Waals surface area contributed by atoms with Crippen LogP contribution in [0.4, 0.5) is 26.3 Å². The highest BCUT2D eigenvalue weighted by Gasteiger charge is 2.34. The Kier molecular flexibility index (Phi) is 5.41. The van der Waals surface area contributed by atoms with E-state index in [1.807, 2.05) is 0 Å². The summed E-state index contributed by atoms with van der Waals surface area (Å²) in [5.74, 6) is -0.346. The molecule has 0 heterocycles. The smallest absolute Gasteiger partial charge is 0.335 e. The molecule has 28 heavy (non-hydrogen) atoms. The number of carbonyl (C=O) groups is 1. The van der Waals surface area contributed by atoms with E-state index in [0.717, 1.165) is 37.1 Å². The summed E-state index contributed by atoms with van der Waals surface area (Å²) in [4.78, 5) is 14.2. The lowest BCUT2D eigenvalue weighted by Crippen LogP contribution is -2.33. The molecule has 0 N–H and O–H groups in total. The molecule has 1 fully saturated rings. The maximum atomic E-state index is 12.8. The molecule has 2 aromatic rings. The summed E-state index contributed by atoms with van der Waals surface area (Å²) in [6.45, 7) is 0.126. The predicted octanol–water partition coefficient (Wildman–Crippen LogP) is 5.46. The van der Waals surface area contributed by atoms with Crippen LogP contribution in [0.3, 0.4) is 0 Å². The van der Waals surface area contributed by atoms with Gasteiger partial charge < -0.3 is 4.90 Å². The van der Waals surface area contributed by atoms with E-state index in [1.54, 1.807) is 0 Å². The number of benzene rings is 2. The summed E-state index contributed by atoms with van der Waals surface area (Å²) >= 11 is 0. The molecular formula is C20H17F6NO. The Labute approximate surface area is 157 Å². The molecule has 0 unspecified atom stereocenters. The van der Waals surface area contributed by atoms with Crippen LogP contribution in [-0.4, -0.2) is 16.8 Å². The van der Waals surface area contributed by atoms with Crippen LogP contribution in [0.5, 0.6) is 0 Å². The third-order valence-corrected chi connectivity index (χ3v) is 4.55. The molecule has 150 valence electrons. The summed E-state index contributed by atoms with van der Waals surface area (Å²) < 4.78 is 76.5. The molecule has 0 bridgehead atoms. The maximum Gasteiger partial charge on any atom is 0.416 e. The van der Waals surface area contributed by atoms with Crippen molar-refractivity contribution in [3.63, 3.8) is 0 Å². The van der Waals surface area contributed by atoms with Gasteiger partial charge in [-0.1, -0.05) is 30.3 Å². The molecule has 8 heteroatoms. The van der Waals surface area contributed by atoms with Crippen LogP contribution in [0.15, 0.2) is 48.5 Å². The molecule has 1 amide bonds. The van der Waals surface area contributed by atoms with Gasteiger partial charge >= 0.3 is 12.4 Å². The average Bonchev–Trinajstić information content (AvgIpc) is 3.43. The van der Waals surface area contributed by atoms with Crippen molar-refractivity contribution in [2.45, 2.75) is 44.2 Å². The first-order chi connectivity index (χ1) is 13.0. The predicted molar refractivity (Wildman–Crippen MR) is 90.2 cm³/mol. The van der Waals surface area contributed by atoms with Gasteiger partial charge in [-0.2, -0.15) is 26.3 Å². The monoisotopic (exact) mass is 401 g/mol. The zero-order chi connectivity index (χ0) is 20.5. The third-order valence-electron chi connectivity index (χ3n) is 4.55. The number of hydrogen-bond acceptors (Lipinski definition) is 1. The van der Waals surface area contributed by atoms with Gasteiger partial charge in [-0.3, -0.25) is 4.79 Å². The second-order valence-electron chi connectivity index (χ2n) is 6.82. The Balaban J connectivity index is 1.72. The second kappa shape index (κ2) is 7.48. The van der Waals surface area contributed by atoms with Crippen molar-refractivity contribution in [3.05, 3.63) is 70.8 Å². The largest absolute Gasteiger partial charge is 0.416 e. The summed E-state index contributed by atoms with van der Waals surface area (Å²) in [5.41, 5.74) is -0.807. The van der Waals surface area contributed by atoms with Gasteiger partial charge in [-0.25, -0.2) is 0 Å². The standard InChI is InChI=1S/C20H17F6NO/c21-19(22,23)15-6-4-13(5-7-15)12-27(17-8-9-17)18(28)11-14-2-1-3-16(10-14)20(24,25)26/h1-7,10,17H,8-9,11-12H2. The van der Waals surface area contributed by atoms with Crippen molar-refractivity contribution in [2.24, 2.45) is 0 Å². The molecule has 0 aromatic heterocycles. The Morgan fingerprint density at radius 2 is 1.46 bits per heavy atom. The average molecular weight is 401 g/mol. The van der Waals surface area contributed by atoms with E-state index in [0.29, 0.717) is 5.56 Å². The van der Waals surface area contributed by atoms with Crippen LogP contribution in [0.1, 0.15) is 35.1 Å². The van der Waals surface area contributed by atoms with Gasteiger partial charge in [0.1, 0.15) is 0 Å². The Hall–Kier alpha value is -2.51. The molecule has 0 radical (unpaired) electrons. The highest BCUT2D eigenvalue weighted by Crippen LogP contribution is 2.32. The summed E-state index contributed by atoms with van der Waals surface area (Å²) in [5, 5.41) is 0. The lowest BCUT2D eigenvalue weighted by Gasteiger charge is -2.23. The molecular weight excluding hydrogens is 384 g/mol. The van der Waals surface area contributed by atoms with Crippen molar-refractivity contribution < 1.29 is 31.1 Å². The topological polar surface area (TPSA) is 20.3 Å². The van der Waals surface area contributed by atoms with Gasteiger partial charge in [-0.05, 0) is 42.2 Å². The van der Waals surface area contributed by atoms with Crippen LogP contribution >= 0.6 is 0 Å². The van der Waals surface area contributed by atoms with Crippen molar-refractivity contribution >= 4 is 5.91 Å². The highest BCUT2D eigenvalue weighted by molar-refractivity contribution is 5.79. The Morgan fingerprint density at radius 1 is 0.857 bits per heavy atom. The fraction of sp³-hybridized carbons (Fsp3) is 0.350. The molecule has 0 spiro atoms. The minimum absolute atomic E-state index is 0.0272. The van der Waals surface area contributed by atoms with Crippen LogP contribution in [0, 0.1) is 0 Å². The molecule has 0 atom stereocenters. The SMILES string of the molecule is O=C(Cc1cccc(C(F)(F)F)c1)N(Cc1ccc(C(F)(F)F)cc1)C1CC1. The van der Waals surface area contributed by atoms with Gasteiger partial charge in [-0.15, -0.1) is 0 Å². The van der Waals surface area contributed by atoms with Crippen LogP contribution < -0.4 is 0 Å². The van der Waals surface area contributed by atoms with E-state index in [1.165, 1.54) is 29.2 Å². The van der Waals surface area contributed by atoms with E-state index in [9.17, 15) is 31.1 Å². The zero-order valence-corrected chi connectivity index (χ0v) is 14.6. The van der Waals surface area contributed by atoms with Gasteiger partial charge in [0, 0.05) is 12.6 Å². The van der Waals surface area contributed by atoms with Gasteiger partial charge in [0.25, 0.3) is 0 Å². The van der Waals surface area contributed by atoms with E-state index >= 15 is 0 Å². The number of hydrogen-bond donors (Lipinski definition) is 0. The lowest BCUT2D eigenvalue weighted by molar-refractivity contribution is -0.138. The molecule has 3 rings (SSSR count). The van der Waals surface area contributed by atoms with Crippen molar-refractivity contribution in [2.75, 3.05) is 0 Å². The van der Waals surface area contributed by atoms with Crippen molar-refractivity contribution in [1.29, 1.82) is 0 Å². The van der Waals surface area contributed by atoms with Crippen molar-refractivity contribution in [1.82, 2.24) is 4.90 Å². The van der Waals surface area contributed by atoms with Crippen molar-refractivity contribution in [3.8, 4) is 0 Å². The van der Waals surface area contributed by atoms with Gasteiger partial charge in [0.15, 0.2) is 0 Å². The van der Waals surface area contributed by atoms with Crippen LogP contribution in [0.25, 0.3) is 0 Å². The number of halogens is 6. The summed E-state index contributed by atoms with van der Waals surface area (Å²) in [6.07, 6.45) is -7.57. The minimum atomic E-state index is -4.49. The molecule has 1 aliphatic carbocycles. The first-order valence-electron chi connectivity index (χ1n) is 8.66. The number of amides is 1. The highest BCUT2D eigenvalue weighted by atomic mass is 19.4. The molecule has 1 saturated carbocycles. The number of rotatable bonds is 5. The van der Waals surface area contributed by atoms with Gasteiger partial charge in [0.05, 0.1) is 17.5 Å². The summed E-state index contributed by atoms with van der Waals surface area (Å²) in [6, 6.07) is 9.11. The molecule has 0 saturated heterocycles. The van der Waals surface area contributed by atoms with E-state index in [4.69, 9.17) is 0 Å². The molecule has 2 nitrogen and oxygen atoms in total. The first kappa shape index (κ1) is 20.2. The first-order valence-corrected chi connectivity index (χ1v) is 8.66. The molecule has 1 aliphatic rings. The van der Waals surface area contributed by atoms with Crippen LogP contribution in [-0.2, 0) is 30.1 Å². The Bertz CT molecular complexity index is 837. The molecule has 0 aliphatic heterocycles. The fourth-order valence-electron chi connectivity index (χ4n) is 2.94. The van der Waals surface area contributed by atoms with E-state index in [2.05, 4.69) is 0 Å². The van der Waals surface area contributed by atoms with Crippen LogP contribution in [0.2, 0.25) is 0 Å². The second-order valence-corrected chi connectivity index (χ2v) is 6.82. The minimum Gasteiger partial charge on any atom is -0.335 e. The maximum absolute atomic E-state index is 12.8. The fourth-order valence-corrected chi connectivity index (χ4v) is 2.94. The zero-order valence-electron chi connectivity index (χ0n) is 14.6. The number of nitrogens with zero attached hydrogens (tertiary/aromatic N) is 1. The number of alkyl halides is 6. The van der Waals surface area contributed by atoms with E-state index in [-0.39, 0.29) is 30.5 Å². The Morgan fingerprint density at radius 3 is 2.00 bits per heavy atom.